The third kappa shape index (κ3) is 6.46. The summed E-state index contributed by atoms with van der Waals surface area (Å²) in [6.07, 6.45) is 5.91. The number of alkyl halides is 2. The first kappa shape index (κ1) is 26.6. The Kier molecular flexibility index (Phi) is 9.03. The molecule has 1 amide bonds. The van der Waals surface area contributed by atoms with Gasteiger partial charge in [-0.1, -0.05) is 18.2 Å². The maximum Gasteiger partial charge on any atom is 0.257 e. The van der Waals surface area contributed by atoms with E-state index in [0.717, 1.165) is 26.1 Å². The number of nitrogens with zero attached hydrogens (tertiary/aromatic N) is 3. The van der Waals surface area contributed by atoms with Crippen molar-refractivity contribution in [3.8, 4) is 0 Å². The Morgan fingerprint density at radius 3 is 2.33 bits per heavy atom. The quantitative estimate of drug-likeness (QED) is 0.387. The monoisotopic (exact) mass is 550 g/mol. The lowest BCUT2D eigenvalue weighted by molar-refractivity contribution is 0.0638. The van der Waals surface area contributed by atoms with Gasteiger partial charge in [-0.15, -0.1) is 23.2 Å². The lowest BCUT2D eigenvalue weighted by Crippen LogP contribution is -2.49. The predicted molar refractivity (Wildman–Crippen MR) is 139 cm³/mol. The Bertz CT molecular complexity index is 1250. The van der Waals surface area contributed by atoms with Crippen LogP contribution in [0.3, 0.4) is 0 Å². The summed E-state index contributed by atoms with van der Waals surface area (Å²) in [5.41, 5.74) is 2.59. The third-order valence-corrected chi connectivity index (χ3v) is 8.36. The number of rotatable bonds is 10. The van der Waals surface area contributed by atoms with Crippen molar-refractivity contribution in [1.82, 2.24) is 19.5 Å². The summed E-state index contributed by atoms with van der Waals surface area (Å²) in [6, 6.07) is 10.6. The molecule has 1 aromatic carbocycles. The Balaban J connectivity index is 1.31. The zero-order valence-corrected chi connectivity index (χ0v) is 22.0. The number of piperazine rings is 1. The van der Waals surface area contributed by atoms with Crippen LogP contribution in [0, 0.1) is 0 Å². The molecule has 1 saturated heterocycles. The van der Waals surface area contributed by atoms with Crippen molar-refractivity contribution in [2.24, 2.45) is 0 Å². The van der Waals surface area contributed by atoms with Crippen molar-refractivity contribution in [2.75, 3.05) is 32.7 Å². The van der Waals surface area contributed by atoms with Crippen molar-refractivity contribution >= 4 is 39.1 Å². The topological polar surface area (TPSA) is 95.7 Å². The zero-order chi connectivity index (χ0) is 25.5. The molecule has 4 rings (SSSR count). The molecule has 0 aliphatic carbocycles. The van der Waals surface area contributed by atoms with Crippen molar-refractivity contribution in [3.05, 3.63) is 83.1 Å². The summed E-state index contributed by atoms with van der Waals surface area (Å²) in [5, 5.41) is 0. The van der Waals surface area contributed by atoms with Crippen LogP contribution in [0.25, 0.3) is 0 Å². The van der Waals surface area contributed by atoms with E-state index in [1.54, 1.807) is 41.6 Å². The number of hydrogen-bond donors (Lipinski definition) is 1. The molecule has 8 nitrogen and oxygen atoms in total. The molecule has 3 heterocycles. The molecule has 1 N–H and O–H groups in total. The highest BCUT2D eigenvalue weighted by atomic mass is 35.5. The molecule has 0 spiro atoms. The van der Waals surface area contributed by atoms with Crippen LogP contribution in [-0.4, -0.2) is 61.8 Å². The largest absolute Gasteiger partial charge is 0.467 e. The number of sulfonamides is 1. The molecule has 3 aromatic rings. The number of hydrogen-bond acceptors (Lipinski definition) is 6. The number of benzene rings is 1. The maximum atomic E-state index is 13.0. The van der Waals surface area contributed by atoms with Gasteiger partial charge in [0.1, 0.15) is 12.0 Å². The molecular weight excluding hydrogens is 523 g/mol. The Morgan fingerprint density at radius 2 is 1.69 bits per heavy atom. The van der Waals surface area contributed by atoms with Crippen LogP contribution >= 0.6 is 23.2 Å². The number of furan rings is 1. The van der Waals surface area contributed by atoms with Gasteiger partial charge in [-0.05, 0) is 41.3 Å². The number of carbonyl (C=O) groups is 1. The summed E-state index contributed by atoms with van der Waals surface area (Å²) >= 11 is 11.9. The van der Waals surface area contributed by atoms with Crippen LogP contribution in [-0.2, 0) is 34.7 Å². The van der Waals surface area contributed by atoms with E-state index in [-0.39, 0.29) is 29.1 Å². The first-order valence-corrected chi connectivity index (χ1v) is 14.2. The highest BCUT2D eigenvalue weighted by molar-refractivity contribution is 7.89. The van der Waals surface area contributed by atoms with E-state index in [2.05, 4.69) is 14.6 Å². The van der Waals surface area contributed by atoms with Crippen molar-refractivity contribution < 1.29 is 17.6 Å². The van der Waals surface area contributed by atoms with Crippen LogP contribution in [0.15, 0.2) is 64.4 Å². The minimum atomic E-state index is -3.89. The highest BCUT2D eigenvalue weighted by Gasteiger charge is 2.25. The van der Waals surface area contributed by atoms with Crippen molar-refractivity contribution in [1.29, 1.82) is 0 Å². The van der Waals surface area contributed by atoms with Gasteiger partial charge in [-0.2, -0.15) is 0 Å². The second kappa shape index (κ2) is 12.2. The summed E-state index contributed by atoms with van der Waals surface area (Å²) in [5.74, 6) is 0.293. The minimum absolute atomic E-state index is 0.0391. The van der Waals surface area contributed by atoms with Gasteiger partial charge in [-0.25, -0.2) is 13.1 Å². The average molecular weight is 551 g/mol. The van der Waals surface area contributed by atoms with Gasteiger partial charge in [-0.3, -0.25) is 14.7 Å². The summed E-state index contributed by atoms with van der Waals surface area (Å²) in [4.78, 5) is 21.2. The third-order valence-electron chi connectivity index (χ3n) is 6.20. The van der Waals surface area contributed by atoms with E-state index in [1.165, 1.54) is 11.8 Å². The molecule has 11 heteroatoms. The molecule has 36 heavy (non-hydrogen) atoms. The minimum Gasteiger partial charge on any atom is -0.467 e. The smallest absolute Gasteiger partial charge is 0.257 e. The molecule has 1 aliphatic heterocycles. The summed E-state index contributed by atoms with van der Waals surface area (Å²) < 4.78 is 34.0. The fraction of sp³-hybridized carbons (Fsp3) is 0.360. The molecule has 1 fully saturated rings. The zero-order valence-electron chi connectivity index (χ0n) is 19.7. The lowest BCUT2D eigenvalue weighted by Gasteiger charge is -2.34. The molecule has 192 valence electrons. The molecule has 0 saturated carbocycles. The van der Waals surface area contributed by atoms with Gasteiger partial charge in [0, 0.05) is 56.9 Å². The van der Waals surface area contributed by atoms with Gasteiger partial charge in [0.05, 0.1) is 17.0 Å². The van der Waals surface area contributed by atoms with Gasteiger partial charge < -0.3 is 9.32 Å². The molecule has 0 unspecified atom stereocenters. The first-order chi connectivity index (χ1) is 17.4. The number of halogens is 2. The SMILES string of the molecule is O=C(c1coc(CNS(=O)(=O)c2c(CCl)cccc2CCl)c1)N1CCN(CCc2ccncc2)CC1. The van der Waals surface area contributed by atoms with Crippen LogP contribution in [0.4, 0.5) is 0 Å². The fourth-order valence-corrected chi connectivity index (χ4v) is 6.26. The van der Waals surface area contributed by atoms with Crippen LogP contribution in [0.1, 0.15) is 32.8 Å². The van der Waals surface area contributed by atoms with Gasteiger partial charge in [0.15, 0.2) is 0 Å². The highest BCUT2D eigenvalue weighted by Crippen LogP contribution is 2.24. The summed E-state index contributed by atoms with van der Waals surface area (Å²) in [7, 11) is -3.89. The van der Waals surface area contributed by atoms with Gasteiger partial charge >= 0.3 is 0 Å². The number of pyridine rings is 1. The Hall–Kier alpha value is -2.43. The van der Waals surface area contributed by atoms with Crippen molar-refractivity contribution in [2.45, 2.75) is 29.6 Å². The van der Waals surface area contributed by atoms with E-state index in [9.17, 15) is 13.2 Å². The maximum absolute atomic E-state index is 13.0. The van der Waals surface area contributed by atoms with E-state index < -0.39 is 10.0 Å². The Labute approximate surface area is 221 Å². The molecule has 0 atom stereocenters. The van der Waals surface area contributed by atoms with E-state index >= 15 is 0 Å². The molecule has 0 bridgehead atoms. The van der Waals surface area contributed by atoms with Gasteiger partial charge in [0.2, 0.25) is 10.0 Å². The van der Waals surface area contributed by atoms with Gasteiger partial charge in [0.25, 0.3) is 5.91 Å². The number of amides is 1. The van der Waals surface area contributed by atoms with E-state index in [1.807, 2.05) is 12.1 Å². The number of nitrogens with one attached hydrogen (secondary N) is 1. The summed E-state index contributed by atoms with van der Waals surface area (Å²) in [6.45, 7) is 3.67. The van der Waals surface area contributed by atoms with Crippen LogP contribution in [0.5, 0.6) is 0 Å². The van der Waals surface area contributed by atoms with Crippen molar-refractivity contribution in [3.63, 3.8) is 0 Å². The lowest BCUT2D eigenvalue weighted by atomic mass is 10.1. The molecule has 0 radical (unpaired) electrons. The second-order valence-electron chi connectivity index (χ2n) is 8.54. The molecular formula is C25H28Cl2N4O4S. The normalized spacial score (nSPS) is 14.8. The number of aromatic nitrogens is 1. The second-order valence-corrected chi connectivity index (χ2v) is 10.8. The number of carbonyl (C=O) groups excluding carboxylic acids is 1. The molecule has 1 aliphatic rings. The van der Waals surface area contributed by atoms with Crippen LogP contribution in [0.2, 0.25) is 0 Å². The Morgan fingerprint density at radius 1 is 1.03 bits per heavy atom. The first-order valence-electron chi connectivity index (χ1n) is 11.6. The van der Waals surface area contributed by atoms with Crippen LogP contribution < -0.4 is 4.72 Å². The predicted octanol–water partition coefficient (Wildman–Crippen LogP) is 3.63. The average Bonchev–Trinajstić information content (AvgIpc) is 3.40. The standard InChI is InChI=1S/C25H28Cl2N4O4S/c26-15-20-2-1-3-21(16-27)24(20)36(33,34)29-17-23-14-22(18-35-23)25(32)31-12-10-30(11-13-31)9-6-19-4-7-28-8-5-19/h1-5,7-8,14,18,29H,6,9-13,15-17H2. The fourth-order valence-electron chi connectivity index (χ4n) is 4.21. The molecule has 2 aromatic heterocycles. The van der Waals surface area contributed by atoms with E-state index in [0.29, 0.717) is 35.5 Å². The van der Waals surface area contributed by atoms with E-state index in [4.69, 9.17) is 27.6 Å².